The smallest absolute Gasteiger partial charge is 0.251 e. The first-order valence-corrected chi connectivity index (χ1v) is 9.80. The lowest BCUT2D eigenvalue weighted by Crippen LogP contribution is -2.34. The molecule has 3 aromatic carbocycles. The molecule has 3 aromatic rings. The molecule has 0 saturated heterocycles. The average molecular weight is 401 g/mol. The van der Waals surface area contributed by atoms with Crippen LogP contribution in [0.4, 0.5) is 0 Å². The molecule has 0 aromatic heterocycles. The summed E-state index contributed by atoms with van der Waals surface area (Å²) in [6.07, 6.45) is 1.86. The molecule has 5 nitrogen and oxygen atoms in total. The Kier molecular flexibility index (Phi) is 5.27. The van der Waals surface area contributed by atoms with E-state index in [2.05, 4.69) is 5.32 Å². The highest BCUT2D eigenvalue weighted by molar-refractivity contribution is 6.10. The zero-order valence-corrected chi connectivity index (χ0v) is 17.0. The van der Waals surface area contributed by atoms with E-state index in [-0.39, 0.29) is 17.2 Å². The number of carbonyl (C=O) groups is 2. The molecule has 30 heavy (non-hydrogen) atoms. The molecule has 1 fully saturated rings. The van der Waals surface area contributed by atoms with Crippen LogP contribution in [-0.4, -0.2) is 25.9 Å². The van der Waals surface area contributed by atoms with E-state index in [4.69, 9.17) is 9.47 Å². The van der Waals surface area contributed by atoms with E-state index >= 15 is 0 Å². The number of benzene rings is 3. The standard InChI is InChI=1S/C25H23NO4/c1-29-21-14-19(15-22(16-21)30-2)23(27)17-8-10-18(11-9-17)24(28)26-25(12-13-25)20-6-4-3-5-7-20/h3-11,14-16H,12-13H2,1-2H3,(H,26,28). The summed E-state index contributed by atoms with van der Waals surface area (Å²) in [5.74, 6) is 0.786. The summed E-state index contributed by atoms with van der Waals surface area (Å²) < 4.78 is 10.5. The Balaban J connectivity index is 1.50. The van der Waals surface area contributed by atoms with Gasteiger partial charge in [-0.1, -0.05) is 42.5 Å². The van der Waals surface area contributed by atoms with Gasteiger partial charge in [-0.2, -0.15) is 0 Å². The molecule has 1 aliphatic rings. The maximum absolute atomic E-state index is 12.9. The van der Waals surface area contributed by atoms with Crippen molar-refractivity contribution in [3.05, 3.63) is 95.1 Å². The quantitative estimate of drug-likeness (QED) is 0.598. The number of rotatable bonds is 7. The van der Waals surface area contributed by atoms with Gasteiger partial charge in [0.2, 0.25) is 0 Å². The van der Waals surface area contributed by atoms with Crippen molar-refractivity contribution >= 4 is 11.7 Å². The summed E-state index contributed by atoms with van der Waals surface area (Å²) in [6.45, 7) is 0. The number of ether oxygens (including phenoxy) is 2. The molecule has 5 heteroatoms. The van der Waals surface area contributed by atoms with E-state index in [1.807, 2.05) is 30.3 Å². The number of nitrogens with one attached hydrogen (secondary N) is 1. The first-order chi connectivity index (χ1) is 14.5. The lowest BCUT2D eigenvalue weighted by Gasteiger charge is -2.18. The van der Waals surface area contributed by atoms with Gasteiger partial charge >= 0.3 is 0 Å². The zero-order valence-electron chi connectivity index (χ0n) is 17.0. The van der Waals surface area contributed by atoms with Crippen LogP contribution in [0.5, 0.6) is 11.5 Å². The number of hydrogen-bond donors (Lipinski definition) is 1. The minimum Gasteiger partial charge on any atom is -0.497 e. The largest absolute Gasteiger partial charge is 0.497 e. The fraction of sp³-hybridized carbons (Fsp3) is 0.200. The predicted molar refractivity (Wildman–Crippen MR) is 114 cm³/mol. The van der Waals surface area contributed by atoms with Gasteiger partial charge in [-0.15, -0.1) is 0 Å². The van der Waals surface area contributed by atoms with Gasteiger partial charge in [0.25, 0.3) is 5.91 Å². The van der Waals surface area contributed by atoms with Crippen molar-refractivity contribution in [2.45, 2.75) is 18.4 Å². The van der Waals surface area contributed by atoms with Crippen LogP contribution in [0.3, 0.4) is 0 Å². The van der Waals surface area contributed by atoms with Crippen LogP contribution in [0, 0.1) is 0 Å². The SMILES string of the molecule is COc1cc(OC)cc(C(=O)c2ccc(C(=O)NC3(c4ccccc4)CC3)cc2)c1. The molecule has 1 aliphatic carbocycles. The summed E-state index contributed by atoms with van der Waals surface area (Å²) in [6, 6.07) is 21.8. The molecule has 0 radical (unpaired) electrons. The van der Waals surface area contributed by atoms with Gasteiger partial charge < -0.3 is 14.8 Å². The lowest BCUT2D eigenvalue weighted by atomic mass is 10.0. The van der Waals surface area contributed by atoms with Gasteiger partial charge in [0.15, 0.2) is 5.78 Å². The highest BCUT2D eigenvalue weighted by Gasteiger charge is 2.45. The van der Waals surface area contributed by atoms with Crippen LogP contribution in [0.2, 0.25) is 0 Å². The summed E-state index contributed by atoms with van der Waals surface area (Å²) in [7, 11) is 3.08. The minimum absolute atomic E-state index is 0.140. The van der Waals surface area contributed by atoms with Crippen LogP contribution in [0.1, 0.15) is 44.7 Å². The number of ketones is 1. The van der Waals surface area contributed by atoms with Crippen LogP contribution in [0.15, 0.2) is 72.8 Å². The summed E-state index contributed by atoms with van der Waals surface area (Å²) in [5, 5.41) is 3.15. The zero-order chi connectivity index (χ0) is 21.1. The fourth-order valence-electron chi connectivity index (χ4n) is 3.54. The molecule has 1 N–H and O–H groups in total. The van der Waals surface area contributed by atoms with Crippen molar-refractivity contribution in [1.82, 2.24) is 5.32 Å². The van der Waals surface area contributed by atoms with Crippen molar-refractivity contribution in [3.8, 4) is 11.5 Å². The second-order valence-electron chi connectivity index (χ2n) is 7.41. The topological polar surface area (TPSA) is 64.6 Å². The van der Waals surface area contributed by atoms with Gasteiger partial charge in [-0.05, 0) is 42.7 Å². The van der Waals surface area contributed by atoms with E-state index in [0.717, 1.165) is 18.4 Å². The second-order valence-corrected chi connectivity index (χ2v) is 7.41. The Hall–Kier alpha value is -3.60. The van der Waals surface area contributed by atoms with Gasteiger partial charge in [-0.25, -0.2) is 0 Å². The van der Waals surface area contributed by atoms with Crippen molar-refractivity contribution in [1.29, 1.82) is 0 Å². The number of carbonyl (C=O) groups excluding carboxylic acids is 2. The van der Waals surface area contributed by atoms with E-state index in [0.29, 0.717) is 28.2 Å². The normalized spacial score (nSPS) is 13.9. The van der Waals surface area contributed by atoms with Crippen LogP contribution >= 0.6 is 0 Å². The fourth-order valence-corrected chi connectivity index (χ4v) is 3.54. The molecule has 0 bridgehead atoms. The third-order valence-corrected chi connectivity index (χ3v) is 5.45. The Morgan fingerprint density at radius 3 is 1.87 bits per heavy atom. The van der Waals surface area contributed by atoms with Crippen molar-refractivity contribution in [2.75, 3.05) is 14.2 Å². The predicted octanol–water partition coefficient (Wildman–Crippen LogP) is 4.35. The van der Waals surface area contributed by atoms with Gasteiger partial charge in [0, 0.05) is 22.8 Å². The van der Waals surface area contributed by atoms with Crippen LogP contribution < -0.4 is 14.8 Å². The van der Waals surface area contributed by atoms with Crippen LogP contribution in [0.25, 0.3) is 0 Å². The first-order valence-electron chi connectivity index (χ1n) is 9.80. The molecule has 0 unspecified atom stereocenters. The summed E-state index contributed by atoms with van der Waals surface area (Å²) in [4.78, 5) is 25.6. The minimum atomic E-state index is -0.274. The third-order valence-electron chi connectivity index (χ3n) is 5.45. The van der Waals surface area contributed by atoms with Crippen molar-refractivity contribution in [2.24, 2.45) is 0 Å². The molecule has 1 amide bonds. The molecule has 0 aliphatic heterocycles. The lowest BCUT2D eigenvalue weighted by molar-refractivity contribution is 0.0929. The molecule has 152 valence electrons. The van der Waals surface area contributed by atoms with E-state index in [1.54, 1.807) is 56.7 Å². The molecule has 0 atom stereocenters. The molecule has 0 heterocycles. The molecule has 1 saturated carbocycles. The van der Waals surface area contributed by atoms with Gasteiger partial charge in [0.05, 0.1) is 19.8 Å². The van der Waals surface area contributed by atoms with E-state index in [9.17, 15) is 9.59 Å². The summed E-state index contributed by atoms with van der Waals surface area (Å²) in [5.41, 5.74) is 2.33. The maximum atomic E-state index is 12.9. The maximum Gasteiger partial charge on any atom is 0.251 e. The highest BCUT2D eigenvalue weighted by Crippen LogP contribution is 2.45. The number of methoxy groups -OCH3 is 2. The van der Waals surface area contributed by atoms with E-state index < -0.39 is 0 Å². The Labute approximate surface area is 175 Å². The van der Waals surface area contributed by atoms with Gasteiger partial charge in [-0.3, -0.25) is 9.59 Å². The van der Waals surface area contributed by atoms with Gasteiger partial charge in [0.1, 0.15) is 11.5 Å². The number of hydrogen-bond acceptors (Lipinski definition) is 4. The van der Waals surface area contributed by atoms with Crippen molar-refractivity contribution in [3.63, 3.8) is 0 Å². The van der Waals surface area contributed by atoms with Crippen molar-refractivity contribution < 1.29 is 19.1 Å². The highest BCUT2D eigenvalue weighted by atomic mass is 16.5. The molecular formula is C25H23NO4. The molecule has 0 spiro atoms. The Morgan fingerprint density at radius 1 is 0.767 bits per heavy atom. The first kappa shape index (κ1) is 19.7. The van der Waals surface area contributed by atoms with Crippen LogP contribution in [-0.2, 0) is 5.54 Å². The second kappa shape index (κ2) is 8.03. The van der Waals surface area contributed by atoms with E-state index in [1.165, 1.54) is 0 Å². The third kappa shape index (κ3) is 3.92. The monoisotopic (exact) mass is 401 g/mol. The Bertz CT molecular complexity index is 1050. The molecular weight excluding hydrogens is 378 g/mol. The number of amides is 1. The Morgan fingerprint density at radius 2 is 1.33 bits per heavy atom. The average Bonchev–Trinajstić information content (AvgIpc) is 3.59. The molecule has 4 rings (SSSR count). The summed E-state index contributed by atoms with van der Waals surface area (Å²) >= 11 is 0.